The quantitative estimate of drug-likeness (QED) is 0.400. The van der Waals surface area contributed by atoms with E-state index in [0.29, 0.717) is 18.2 Å². The number of carbonyl (C=O) groups excluding carboxylic acids is 1. The van der Waals surface area contributed by atoms with Gasteiger partial charge in [-0.25, -0.2) is 0 Å². The van der Waals surface area contributed by atoms with E-state index in [1.165, 1.54) is 0 Å². The number of hydrogen-bond acceptors (Lipinski definition) is 2. The van der Waals surface area contributed by atoms with Gasteiger partial charge in [-0.2, -0.15) is 0 Å². The number of alkyl halides is 1. The van der Waals surface area contributed by atoms with E-state index >= 15 is 0 Å². The zero-order valence-corrected chi connectivity index (χ0v) is 12.9. The number of Topliss-reactive ketones (excluding diaryl/α,β-unsaturated/α-hetero) is 1. The fourth-order valence-electron chi connectivity index (χ4n) is 1.61. The predicted molar refractivity (Wildman–Crippen MR) is 81.0 cm³/mol. The second-order valence-electron chi connectivity index (χ2n) is 4.92. The molecule has 1 rings (SSSR count). The van der Waals surface area contributed by atoms with Gasteiger partial charge in [0.15, 0.2) is 5.78 Å². The van der Waals surface area contributed by atoms with Gasteiger partial charge >= 0.3 is 0 Å². The molecule has 0 amide bonds. The Kier molecular flexibility index (Phi) is 6.80. The van der Waals surface area contributed by atoms with E-state index in [0.717, 1.165) is 28.2 Å². The molecule has 1 aromatic rings. The van der Waals surface area contributed by atoms with Gasteiger partial charge in [0.05, 0.1) is 0 Å². The van der Waals surface area contributed by atoms with Crippen molar-refractivity contribution in [3.05, 3.63) is 29.3 Å². The highest BCUT2D eigenvalue weighted by molar-refractivity contribution is 7.99. The second-order valence-corrected chi connectivity index (χ2v) is 6.36. The Morgan fingerprint density at radius 3 is 2.72 bits per heavy atom. The molecule has 0 bridgehead atoms. The Labute approximate surface area is 119 Å². The van der Waals surface area contributed by atoms with Gasteiger partial charge in [-0.05, 0) is 31.4 Å². The monoisotopic (exact) mass is 284 g/mol. The summed E-state index contributed by atoms with van der Waals surface area (Å²) in [6.07, 6.45) is 1.30. The Morgan fingerprint density at radius 1 is 1.39 bits per heavy atom. The summed E-state index contributed by atoms with van der Waals surface area (Å²) in [6.45, 7) is 6.40. The van der Waals surface area contributed by atoms with Gasteiger partial charge in [-0.1, -0.05) is 25.5 Å². The first-order valence-corrected chi connectivity index (χ1v) is 7.89. The molecule has 18 heavy (non-hydrogen) atoms. The fourth-order valence-corrected chi connectivity index (χ4v) is 2.75. The van der Waals surface area contributed by atoms with E-state index in [-0.39, 0.29) is 5.78 Å². The van der Waals surface area contributed by atoms with Gasteiger partial charge in [0.1, 0.15) is 0 Å². The molecule has 3 heteroatoms. The Bertz CT molecular complexity index is 401. The third-order valence-corrected chi connectivity index (χ3v) is 4.31. The molecule has 0 spiro atoms. The molecule has 100 valence electrons. The minimum Gasteiger partial charge on any atom is -0.294 e. The van der Waals surface area contributed by atoms with Crippen LogP contribution in [-0.2, 0) is 0 Å². The van der Waals surface area contributed by atoms with Gasteiger partial charge < -0.3 is 0 Å². The van der Waals surface area contributed by atoms with Crippen LogP contribution in [0.4, 0.5) is 0 Å². The van der Waals surface area contributed by atoms with Crippen LogP contribution >= 0.6 is 23.4 Å². The van der Waals surface area contributed by atoms with Gasteiger partial charge in [-0.3, -0.25) is 4.79 Å². The summed E-state index contributed by atoms with van der Waals surface area (Å²) >= 11 is 7.42. The standard InChI is InChI=1S/C15H21ClOS/c1-11(2)10-18-15-7-6-12(3)9-13(15)14(17)5-4-8-16/h6-7,9,11H,4-5,8,10H2,1-3H3. The molecule has 0 N–H and O–H groups in total. The van der Waals surface area contributed by atoms with Crippen molar-refractivity contribution in [3.63, 3.8) is 0 Å². The van der Waals surface area contributed by atoms with Gasteiger partial charge in [0.2, 0.25) is 0 Å². The third-order valence-electron chi connectivity index (χ3n) is 2.55. The Balaban J connectivity index is 2.85. The van der Waals surface area contributed by atoms with E-state index in [1.54, 1.807) is 11.8 Å². The van der Waals surface area contributed by atoms with Crippen LogP contribution in [0.2, 0.25) is 0 Å². The second kappa shape index (κ2) is 7.85. The summed E-state index contributed by atoms with van der Waals surface area (Å²) in [6, 6.07) is 6.14. The number of carbonyl (C=O) groups is 1. The number of thioether (sulfide) groups is 1. The molecule has 1 nitrogen and oxygen atoms in total. The van der Waals surface area contributed by atoms with Crippen LogP contribution in [-0.4, -0.2) is 17.4 Å². The molecule has 0 aliphatic rings. The number of halogens is 1. The number of aryl methyl sites for hydroxylation is 1. The molecule has 0 radical (unpaired) electrons. The average Bonchev–Trinajstić information content (AvgIpc) is 2.34. The van der Waals surface area contributed by atoms with Crippen LogP contribution in [0.15, 0.2) is 23.1 Å². The molecule has 0 unspecified atom stereocenters. The van der Waals surface area contributed by atoms with E-state index in [9.17, 15) is 4.79 Å². The maximum atomic E-state index is 12.1. The lowest BCUT2D eigenvalue weighted by atomic mass is 10.0. The van der Waals surface area contributed by atoms with Crippen LogP contribution in [0.5, 0.6) is 0 Å². The maximum Gasteiger partial charge on any atom is 0.164 e. The smallest absolute Gasteiger partial charge is 0.164 e. The summed E-state index contributed by atoms with van der Waals surface area (Å²) in [5.41, 5.74) is 2.00. The van der Waals surface area contributed by atoms with Gasteiger partial charge in [0, 0.05) is 28.5 Å². The highest BCUT2D eigenvalue weighted by atomic mass is 35.5. The van der Waals surface area contributed by atoms with Gasteiger partial charge in [0.25, 0.3) is 0 Å². The molecular formula is C15H21ClOS. The average molecular weight is 285 g/mol. The van der Waals surface area contributed by atoms with Crippen molar-refractivity contribution >= 4 is 29.1 Å². The van der Waals surface area contributed by atoms with Crippen LogP contribution in [0, 0.1) is 12.8 Å². The zero-order valence-electron chi connectivity index (χ0n) is 11.3. The lowest BCUT2D eigenvalue weighted by molar-refractivity contribution is 0.0979. The highest BCUT2D eigenvalue weighted by Gasteiger charge is 2.12. The molecule has 0 aromatic heterocycles. The number of ketones is 1. The maximum absolute atomic E-state index is 12.1. The van der Waals surface area contributed by atoms with Crippen molar-refractivity contribution < 1.29 is 4.79 Å². The first-order valence-electron chi connectivity index (χ1n) is 6.37. The zero-order chi connectivity index (χ0) is 13.5. The first-order chi connectivity index (χ1) is 8.54. The highest BCUT2D eigenvalue weighted by Crippen LogP contribution is 2.27. The number of benzene rings is 1. The predicted octanol–water partition coefficient (Wildman–Crippen LogP) is 4.94. The van der Waals surface area contributed by atoms with E-state index in [1.807, 2.05) is 13.0 Å². The first kappa shape index (κ1) is 15.6. The van der Waals surface area contributed by atoms with Crippen LogP contribution < -0.4 is 0 Å². The van der Waals surface area contributed by atoms with Crippen molar-refractivity contribution in [2.24, 2.45) is 5.92 Å². The van der Waals surface area contributed by atoms with E-state index < -0.39 is 0 Å². The molecule has 0 aliphatic heterocycles. The summed E-state index contributed by atoms with van der Waals surface area (Å²) < 4.78 is 0. The third kappa shape index (κ3) is 5.03. The Morgan fingerprint density at radius 2 is 2.11 bits per heavy atom. The lowest BCUT2D eigenvalue weighted by Gasteiger charge is -2.10. The Hall–Kier alpha value is -0.470. The molecule has 0 aliphatic carbocycles. The molecule has 1 aromatic carbocycles. The minimum atomic E-state index is 0.214. The van der Waals surface area contributed by atoms with Crippen LogP contribution in [0.1, 0.15) is 42.6 Å². The van der Waals surface area contributed by atoms with Crippen molar-refractivity contribution in [2.45, 2.75) is 38.5 Å². The van der Waals surface area contributed by atoms with Crippen molar-refractivity contribution in [3.8, 4) is 0 Å². The summed E-state index contributed by atoms with van der Waals surface area (Å²) in [7, 11) is 0. The molecule has 0 fully saturated rings. The van der Waals surface area contributed by atoms with Crippen molar-refractivity contribution in [1.82, 2.24) is 0 Å². The largest absolute Gasteiger partial charge is 0.294 e. The minimum absolute atomic E-state index is 0.214. The van der Waals surface area contributed by atoms with E-state index in [2.05, 4.69) is 26.0 Å². The number of hydrogen-bond donors (Lipinski definition) is 0. The normalized spacial score (nSPS) is 10.9. The summed E-state index contributed by atoms with van der Waals surface area (Å²) in [5, 5.41) is 0. The molecule has 0 saturated carbocycles. The van der Waals surface area contributed by atoms with Crippen molar-refractivity contribution in [2.75, 3.05) is 11.6 Å². The number of rotatable bonds is 7. The lowest BCUT2D eigenvalue weighted by Crippen LogP contribution is -2.03. The molecule has 0 saturated heterocycles. The van der Waals surface area contributed by atoms with Crippen LogP contribution in [0.25, 0.3) is 0 Å². The SMILES string of the molecule is Cc1ccc(SCC(C)C)c(C(=O)CCCCl)c1. The molecule has 0 atom stereocenters. The fraction of sp³-hybridized carbons (Fsp3) is 0.533. The summed E-state index contributed by atoms with van der Waals surface area (Å²) in [5.74, 6) is 2.43. The van der Waals surface area contributed by atoms with Crippen molar-refractivity contribution in [1.29, 1.82) is 0 Å². The van der Waals surface area contributed by atoms with Crippen LogP contribution in [0.3, 0.4) is 0 Å². The molecule has 0 heterocycles. The summed E-state index contributed by atoms with van der Waals surface area (Å²) in [4.78, 5) is 13.3. The van der Waals surface area contributed by atoms with E-state index in [4.69, 9.17) is 11.6 Å². The molecular weight excluding hydrogens is 264 g/mol. The van der Waals surface area contributed by atoms with Gasteiger partial charge in [-0.15, -0.1) is 23.4 Å². The topological polar surface area (TPSA) is 17.1 Å².